The molecule has 10 heavy (non-hydrogen) atoms. The van der Waals surface area contributed by atoms with Gasteiger partial charge in [0.2, 0.25) is 5.41 Å². The standard InChI is InChI=1S/C7H5N3/c1-2-3-7(4-8,5-9)6-10/h2H,1,3H2. The molecule has 0 radical (unpaired) electrons. The van der Waals surface area contributed by atoms with Gasteiger partial charge in [-0.05, 0) is 0 Å². The third-order valence-electron chi connectivity index (χ3n) is 1.02. The highest BCUT2D eigenvalue weighted by Crippen LogP contribution is 2.18. The summed E-state index contributed by atoms with van der Waals surface area (Å²) in [4.78, 5) is 0. The van der Waals surface area contributed by atoms with Gasteiger partial charge in [0.15, 0.2) is 0 Å². The summed E-state index contributed by atoms with van der Waals surface area (Å²) in [5.41, 5.74) is -1.53. The third kappa shape index (κ3) is 1.34. The van der Waals surface area contributed by atoms with Crippen LogP contribution in [0.3, 0.4) is 0 Å². The maximum absolute atomic E-state index is 8.36. The molecule has 0 rings (SSSR count). The molecule has 0 amide bonds. The molecule has 0 atom stereocenters. The first-order valence-corrected chi connectivity index (χ1v) is 2.59. The summed E-state index contributed by atoms with van der Waals surface area (Å²) in [5.74, 6) is 0. The van der Waals surface area contributed by atoms with E-state index in [0.29, 0.717) is 0 Å². The Morgan fingerprint density at radius 3 is 1.70 bits per heavy atom. The molecule has 0 spiro atoms. The molecule has 0 aliphatic heterocycles. The van der Waals surface area contributed by atoms with Crippen LogP contribution in [0.15, 0.2) is 12.7 Å². The van der Waals surface area contributed by atoms with Gasteiger partial charge in [-0.3, -0.25) is 0 Å². The maximum atomic E-state index is 8.36. The molecule has 48 valence electrons. The van der Waals surface area contributed by atoms with Gasteiger partial charge in [0, 0.05) is 6.42 Å². The van der Waals surface area contributed by atoms with Crippen molar-refractivity contribution in [3.05, 3.63) is 12.7 Å². The second-order valence-electron chi connectivity index (χ2n) is 1.73. The van der Waals surface area contributed by atoms with E-state index >= 15 is 0 Å². The molecule has 0 heterocycles. The van der Waals surface area contributed by atoms with E-state index in [1.54, 1.807) is 18.2 Å². The Morgan fingerprint density at radius 1 is 1.20 bits per heavy atom. The van der Waals surface area contributed by atoms with Crippen molar-refractivity contribution in [2.75, 3.05) is 0 Å². The Balaban J connectivity index is 4.60. The zero-order valence-corrected chi connectivity index (χ0v) is 5.33. The molecule has 0 fully saturated rings. The summed E-state index contributed by atoms with van der Waals surface area (Å²) in [6, 6.07) is 4.87. The highest BCUT2D eigenvalue weighted by atomic mass is 14.4. The first-order valence-electron chi connectivity index (χ1n) is 2.59. The zero-order valence-electron chi connectivity index (χ0n) is 5.33. The van der Waals surface area contributed by atoms with Gasteiger partial charge in [-0.25, -0.2) is 0 Å². The van der Waals surface area contributed by atoms with Crippen LogP contribution in [0.1, 0.15) is 6.42 Å². The predicted octanol–water partition coefficient (Wildman–Crippen LogP) is 1.12. The van der Waals surface area contributed by atoms with E-state index < -0.39 is 5.41 Å². The lowest BCUT2D eigenvalue weighted by Gasteiger charge is -2.02. The molecule has 3 heteroatoms. The number of allylic oxidation sites excluding steroid dienone is 1. The molecule has 0 bridgehead atoms. The summed E-state index contributed by atoms with van der Waals surface area (Å²) in [6.45, 7) is 3.34. The van der Waals surface area contributed by atoms with E-state index in [-0.39, 0.29) is 6.42 Å². The van der Waals surface area contributed by atoms with Crippen LogP contribution < -0.4 is 0 Å². The summed E-state index contributed by atoms with van der Waals surface area (Å²) in [7, 11) is 0. The largest absolute Gasteiger partial charge is 0.232 e. The van der Waals surface area contributed by atoms with E-state index in [2.05, 4.69) is 6.58 Å². The molecule has 3 nitrogen and oxygen atoms in total. The SMILES string of the molecule is C=CCC(C#N)(C#N)C#N. The van der Waals surface area contributed by atoms with Crippen molar-refractivity contribution >= 4 is 0 Å². The van der Waals surface area contributed by atoms with Gasteiger partial charge in [-0.15, -0.1) is 6.58 Å². The van der Waals surface area contributed by atoms with Crippen LogP contribution in [0.5, 0.6) is 0 Å². The number of hydrogen-bond donors (Lipinski definition) is 0. The monoisotopic (exact) mass is 131 g/mol. The van der Waals surface area contributed by atoms with Gasteiger partial charge in [-0.1, -0.05) is 6.08 Å². The molecule has 0 unspecified atom stereocenters. The van der Waals surface area contributed by atoms with E-state index in [1.165, 1.54) is 6.08 Å². The van der Waals surface area contributed by atoms with Crippen LogP contribution in [0, 0.1) is 39.4 Å². The lowest BCUT2D eigenvalue weighted by atomic mass is 9.90. The molecular formula is C7H5N3. The van der Waals surface area contributed by atoms with Crippen molar-refractivity contribution < 1.29 is 0 Å². The Morgan fingerprint density at radius 2 is 1.60 bits per heavy atom. The second kappa shape index (κ2) is 3.28. The van der Waals surface area contributed by atoms with Crippen LogP contribution in [-0.2, 0) is 0 Å². The van der Waals surface area contributed by atoms with E-state index in [4.69, 9.17) is 15.8 Å². The van der Waals surface area contributed by atoms with Gasteiger partial charge < -0.3 is 0 Å². The summed E-state index contributed by atoms with van der Waals surface area (Å²) < 4.78 is 0. The van der Waals surface area contributed by atoms with Gasteiger partial charge in [0.1, 0.15) is 18.2 Å². The fraction of sp³-hybridized carbons (Fsp3) is 0.286. The smallest absolute Gasteiger partial charge is 0.195 e. The molecule has 0 aromatic carbocycles. The third-order valence-corrected chi connectivity index (χ3v) is 1.02. The van der Waals surface area contributed by atoms with Crippen LogP contribution in [0.25, 0.3) is 0 Å². The predicted molar refractivity (Wildman–Crippen MR) is 34.1 cm³/mol. The Hall–Kier alpha value is -1.79. The van der Waals surface area contributed by atoms with E-state index in [1.807, 2.05) is 0 Å². The highest BCUT2D eigenvalue weighted by molar-refractivity contribution is 5.26. The van der Waals surface area contributed by atoms with Crippen molar-refractivity contribution in [2.45, 2.75) is 6.42 Å². The van der Waals surface area contributed by atoms with E-state index in [9.17, 15) is 0 Å². The first-order chi connectivity index (χ1) is 4.74. The summed E-state index contributed by atoms with van der Waals surface area (Å²) in [5, 5.41) is 25.1. The second-order valence-corrected chi connectivity index (χ2v) is 1.73. The average Bonchev–Trinajstić information content (AvgIpc) is 2.01. The number of nitrogens with zero attached hydrogens (tertiary/aromatic N) is 3. The lowest BCUT2D eigenvalue weighted by molar-refractivity contribution is 0.693. The summed E-state index contributed by atoms with van der Waals surface area (Å²) in [6.07, 6.45) is 1.48. The Kier molecular flexibility index (Phi) is 2.69. The fourth-order valence-corrected chi connectivity index (χ4v) is 0.428. The Bertz CT molecular complexity index is 209. The molecule has 0 aromatic rings. The Labute approximate surface area is 59.4 Å². The van der Waals surface area contributed by atoms with Gasteiger partial charge >= 0.3 is 0 Å². The van der Waals surface area contributed by atoms with Crippen LogP contribution in [0.4, 0.5) is 0 Å². The van der Waals surface area contributed by atoms with Crippen molar-refractivity contribution in [3.8, 4) is 18.2 Å². The average molecular weight is 131 g/mol. The van der Waals surface area contributed by atoms with E-state index in [0.717, 1.165) is 0 Å². The van der Waals surface area contributed by atoms with Crippen LogP contribution in [-0.4, -0.2) is 0 Å². The molecular weight excluding hydrogens is 126 g/mol. The van der Waals surface area contributed by atoms with Gasteiger partial charge in [-0.2, -0.15) is 15.8 Å². The first kappa shape index (κ1) is 8.21. The quantitative estimate of drug-likeness (QED) is 0.527. The topological polar surface area (TPSA) is 71.4 Å². The minimum Gasteiger partial charge on any atom is -0.195 e. The number of hydrogen-bond acceptors (Lipinski definition) is 3. The van der Waals surface area contributed by atoms with Crippen molar-refractivity contribution in [1.29, 1.82) is 15.8 Å². The number of nitriles is 3. The zero-order chi connectivity index (χ0) is 8.04. The molecule has 0 aromatic heterocycles. The fourth-order valence-electron chi connectivity index (χ4n) is 0.428. The summed E-state index contributed by atoms with van der Waals surface area (Å²) >= 11 is 0. The van der Waals surface area contributed by atoms with Gasteiger partial charge in [0.25, 0.3) is 0 Å². The molecule has 0 N–H and O–H groups in total. The lowest BCUT2D eigenvalue weighted by Crippen LogP contribution is -2.10. The van der Waals surface area contributed by atoms with Crippen molar-refractivity contribution in [1.82, 2.24) is 0 Å². The molecule has 0 aliphatic rings. The van der Waals surface area contributed by atoms with Crippen molar-refractivity contribution in [3.63, 3.8) is 0 Å². The normalized spacial score (nSPS) is 8.50. The minimum absolute atomic E-state index is 0.0938. The maximum Gasteiger partial charge on any atom is 0.232 e. The highest BCUT2D eigenvalue weighted by Gasteiger charge is 2.27. The van der Waals surface area contributed by atoms with Gasteiger partial charge in [0.05, 0.1) is 0 Å². The van der Waals surface area contributed by atoms with Crippen LogP contribution >= 0.6 is 0 Å². The minimum atomic E-state index is -1.53. The van der Waals surface area contributed by atoms with Crippen molar-refractivity contribution in [2.24, 2.45) is 5.41 Å². The van der Waals surface area contributed by atoms with Crippen LogP contribution in [0.2, 0.25) is 0 Å². The molecule has 0 saturated heterocycles. The molecule has 0 saturated carbocycles. The molecule has 0 aliphatic carbocycles. The number of rotatable bonds is 2.